The molecule has 1 aromatic heterocycles. The van der Waals surface area contributed by atoms with Crippen molar-refractivity contribution in [1.82, 2.24) is 9.55 Å². The first-order valence-corrected chi connectivity index (χ1v) is 11.8. The van der Waals surface area contributed by atoms with Crippen LogP contribution in [-0.2, 0) is 5.54 Å². The van der Waals surface area contributed by atoms with E-state index in [9.17, 15) is 4.79 Å². The van der Waals surface area contributed by atoms with E-state index in [1.807, 2.05) is 89.6 Å². The summed E-state index contributed by atoms with van der Waals surface area (Å²) in [4.78, 5) is 17.7. The number of carbonyl (C=O) groups is 1. The largest absolute Gasteiger partial charge is 0.497 e. The second-order valence-electron chi connectivity index (χ2n) is 8.45. The Bertz CT molecular complexity index is 1380. The number of aromatic nitrogens is 2. The molecule has 0 aliphatic carbocycles. The lowest BCUT2D eigenvalue weighted by atomic mass is 9.77. The smallest absolute Gasteiger partial charge is 0.205 e. The molecule has 0 fully saturated rings. The third-order valence-electron chi connectivity index (χ3n) is 6.32. The first kappa shape index (κ1) is 23.1. The van der Waals surface area contributed by atoms with Crippen molar-refractivity contribution in [2.24, 2.45) is 0 Å². The minimum Gasteiger partial charge on any atom is -0.497 e. The molecule has 0 aliphatic heterocycles. The Hall–Kier alpha value is -4.70. The third kappa shape index (κ3) is 4.37. The Morgan fingerprint density at radius 2 is 1.33 bits per heavy atom. The molecule has 4 heteroatoms. The van der Waals surface area contributed by atoms with Gasteiger partial charge in [-0.25, -0.2) is 4.98 Å². The number of nitrogens with zero attached hydrogens (tertiary/aromatic N) is 2. The molecule has 0 spiro atoms. The van der Waals surface area contributed by atoms with Gasteiger partial charge < -0.3 is 9.30 Å². The summed E-state index contributed by atoms with van der Waals surface area (Å²) in [5, 5.41) is 0. The monoisotopic (exact) mass is 470 g/mol. The van der Waals surface area contributed by atoms with Gasteiger partial charge in [0.2, 0.25) is 5.78 Å². The van der Waals surface area contributed by atoms with Gasteiger partial charge in [0.15, 0.2) is 0 Å². The van der Waals surface area contributed by atoms with Crippen molar-refractivity contribution in [2.75, 3.05) is 7.11 Å². The van der Waals surface area contributed by atoms with E-state index >= 15 is 0 Å². The fraction of sp³-hybridized carbons (Fsp3) is 0.0625. The van der Waals surface area contributed by atoms with E-state index in [2.05, 4.69) is 41.4 Å². The molecular formula is C32H26N2O2. The van der Waals surface area contributed by atoms with Crippen molar-refractivity contribution >= 4 is 11.9 Å². The third-order valence-corrected chi connectivity index (χ3v) is 6.32. The lowest BCUT2D eigenvalue weighted by molar-refractivity contribution is 0.104. The Morgan fingerprint density at radius 1 is 0.778 bits per heavy atom. The molecule has 4 aromatic carbocycles. The lowest BCUT2D eigenvalue weighted by Crippen LogP contribution is -2.37. The van der Waals surface area contributed by atoms with Crippen LogP contribution in [0.25, 0.3) is 6.08 Å². The highest BCUT2D eigenvalue weighted by Crippen LogP contribution is 2.40. The van der Waals surface area contributed by atoms with E-state index in [-0.39, 0.29) is 5.78 Å². The summed E-state index contributed by atoms with van der Waals surface area (Å²) in [5.74, 6) is 0.576. The average molecular weight is 471 g/mol. The molecule has 0 radical (unpaired) electrons. The molecular weight excluding hydrogens is 444 g/mol. The van der Waals surface area contributed by atoms with Crippen molar-refractivity contribution < 1.29 is 9.53 Å². The van der Waals surface area contributed by atoms with Crippen molar-refractivity contribution in [2.45, 2.75) is 5.54 Å². The number of rotatable bonds is 8. The second-order valence-corrected chi connectivity index (χ2v) is 8.45. The number of methoxy groups -OCH3 is 1. The van der Waals surface area contributed by atoms with Gasteiger partial charge in [-0.05, 0) is 40.5 Å². The molecule has 0 aliphatic rings. The zero-order chi connectivity index (χ0) is 24.8. The van der Waals surface area contributed by atoms with E-state index in [0.717, 1.165) is 28.0 Å². The maximum atomic E-state index is 13.1. The molecule has 0 N–H and O–H groups in total. The van der Waals surface area contributed by atoms with Gasteiger partial charge in [0.1, 0.15) is 17.0 Å². The molecule has 1 heterocycles. The fourth-order valence-corrected chi connectivity index (χ4v) is 4.62. The van der Waals surface area contributed by atoms with Gasteiger partial charge in [0.05, 0.1) is 13.4 Å². The van der Waals surface area contributed by atoms with Gasteiger partial charge >= 0.3 is 0 Å². The van der Waals surface area contributed by atoms with Crippen LogP contribution < -0.4 is 4.74 Å². The van der Waals surface area contributed by atoms with Crippen LogP contribution in [0.4, 0.5) is 0 Å². The molecule has 0 bridgehead atoms. The zero-order valence-electron chi connectivity index (χ0n) is 20.0. The maximum absolute atomic E-state index is 13.1. The number of ether oxygens (including phenoxy) is 1. The van der Waals surface area contributed by atoms with E-state index in [1.54, 1.807) is 25.6 Å². The number of benzene rings is 4. The number of hydrogen-bond donors (Lipinski definition) is 0. The Labute approximate surface area is 211 Å². The quantitative estimate of drug-likeness (QED) is 0.145. The van der Waals surface area contributed by atoms with Crippen molar-refractivity contribution in [1.29, 1.82) is 0 Å². The zero-order valence-corrected chi connectivity index (χ0v) is 20.0. The second kappa shape index (κ2) is 10.3. The summed E-state index contributed by atoms with van der Waals surface area (Å²) in [6.45, 7) is 0. The maximum Gasteiger partial charge on any atom is 0.205 e. The summed E-state index contributed by atoms with van der Waals surface area (Å²) in [6, 6.07) is 38.5. The molecule has 36 heavy (non-hydrogen) atoms. The standard InChI is InChI=1S/C32H26N2O2/c1-36-29-19-11-12-25(22-29)20-21-31(35)30-23-34(24-33-30)32(26-13-5-2-6-14-26,27-15-7-3-8-16-27)28-17-9-4-10-18-28/h2-24H,1H3. The number of hydrogen-bond acceptors (Lipinski definition) is 3. The Morgan fingerprint density at radius 3 is 1.86 bits per heavy atom. The summed E-state index contributed by atoms with van der Waals surface area (Å²) < 4.78 is 7.32. The van der Waals surface area contributed by atoms with Gasteiger partial charge in [-0.1, -0.05) is 109 Å². The van der Waals surface area contributed by atoms with E-state index in [0.29, 0.717) is 5.69 Å². The van der Waals surface area contributed by atoms with E-state index in [1.165, 1.54) is 0 Å². The summed E-state index contributed by atoms with van der Waals surface area (Å²) >= 11 is 0. The highest BCUT2D eigenvalue weighted by atomic mass is 16.5. The minimum absolute atomic E-state index is 0.167. The molecule has 0 saturated heterocycles. The molecule has 0 amide bonds. The first-order valence-electron chi connectivity index (χ1n) is 11.8. The van der Waals surface area contributed by atoms with Gasteiger partial charge in [-0.15, -0.1) is 0 Å². The number of ketones is 1. The molecule has 4 nitrogen and oxygen atoms in total. The summed E-state index contributed by atoms with van der Waals surface area (Å²) in [7, 11) is 1.62. The van der Waals surface area contributed by atoms with Crippen LogP contribution >= 0.6 is 0 Å². The van der Waals surface area contributed by atoms with Crippen molar-refractivity contribution in [3.05, 3.63) is 162 Å². The van der Waals surface area contributed by atoms with Crippen LogP contribution in [0, 0.1) is 0 Å². The predicted molar refractivity (Wildman–Crippen MR) is 143 cm³/mol. The van der Waals surface area contributed by atoms with Crippen LogP contribution in [0.15, 0.2) is 134 Å². The van der Waals surface area contributed by atoms with Crippen molar-refractivity contribution in [3.63, 3.8) is 0 Å². The van der Waals surface area contributed by atoms with Crippen LogP contribution in [-0.4, -0.2) is 22.4 Å². The van der Waals surface area contributed by atoms with Crippen LogP contribution in [0.1, 0.15) is 32.7 Å². The lowest BCUT2D eigenvalue weighted by Gasteiger charge is -2.37. The molecule has 0 atom stereocenters. The van der Waals surface area contributed by atoms with Gasteiger partial charge in [-0.2, -0.15) is 0 Å². The normalized spacial score (nSPS) is 11.5. The van der Waals surface area contributed by atoms with Gasteiger partial charge in [0, 0.05) is 6.20 Å². The fourth-order valence-electron chi connectivity index (χ4n) is 4.62. The SMILES string of the molecule is COc1cccc(C=CC(=O)c2cn(C(c3ccccc3)(c3ccccc3)c3ccccc3)cn2)c1. The number of imidazole rings is 1. The predicted octanol–water partition coefficient (Wildman–Crippen LogP) is 6.63. The highest BCUT2D eigenvalue weighted by Gasteiger charge is 2.38. The summed E-state index contributed by atoms with van der Waals surface area (Å²) in [5.41, 5.74) is 3.78. The van der Waals surface area contributed by atoms with E-state index in [4.69, 9.17) is 4.74 Å². The van der Waals surface area contributed by atoms with Crippen LogP contribution in [0.3, 0.4) is 0 Å². The average Bonchev–Trinajstić information content (AvgIpc) is 3.45. The first-order chi connectivity index (χ1) is 17.7. The summed E-state index contributed by atoms with van der Waals surface area (Å²) in [6.07, 6.45) is 6.92. The Kier molecular flexibility index (Phi) is 6.59. The van der Waals surface area contributed by atoms with Gasteiger partial charge in [-0.3, -0.25) is 4.79 Å². The molecule has 176 valence electrons. The van der Waals surface area contributed by atoms with Crippen molar-refractivity contribution in [3.8, 4) is 5.75 Å². The van der Waals surface area contributed by atoms with Crippen LogP contribution in [0.2, 0.25) is 0 Å². The molecule has 5 aromatic rings. The van der Waals surface area contributed by atoms with Gasteiger partial charge in [0.25, 0.3) is 0 Å². The molecule has 0 saturated carbocycles. The molecule has 5 rings (SSSR count). The van der Waals surface area contributed by atoms with E-state index < -0.39 is 5.54 Å². The number of allylic oxidation sites excluding steroid dienone is 1. The Balaban J connectivity index is 1.62. The topological polar surface area (TPSA) is 44.1 Å². The molecule has 0 unspecified atom stereocenters. The minimum atomic E-state index is -0.703. The highest BCUT2D eigenvalue weighted by molar-refractivity contribution is 6.05. The number of carbonyl (C=O) groups excluding carboxylic acids is 1. The van der Waals surface area contributed by atoms with Crippen LogP contribution in [0.5, 0.6) is 5.75 Å².